The number of anilines is 2. The second-order valence-corrected chi connectivity index (χ2v) is 6.96. The van der Waals surface area contributed by atoms with Crippen molar-refractivity contribution in [3.63, 3.8) is 0 Å². The van der Waals surface area contributed by atoms with E-state index in [1.54, 1.807) is 35.4 Å². The van der Waals surface area contributed by atoms with Crippen LogP contribution in [0.3, 0.4) is 0 Å². The zero-order valence-electron chi connectivity index (χ0n) is 14.7. The molecule has 0 aliphatic carbocycles. The molecule has 2 heterocycles. The Hall–Kier alpha value is -3.32. The Kier molecular flexibility index (Phi) is 4.99. The Morgan fingerprint density at radius 3 is 2.57 bits per heavy atom. The number of carbonyl (C=O) groups is 2. The van der Waals surface area contributed by atoms with E-state index in [2.05, 4.69) is 26.0 Å². The number of pyridine rings is 1. The van der Waals surface area contributed by atoms with Gasteiger partial charge in [0.25, 0.3) is 0 Å². The number of hydrogen-bond acceptors (Lipinski definition) is 4. The van der Waals surface area contributed by atoms with E-state index in [0.717, 1.165) is 10.8 Å². The van der Waals surface area contributed by atoms with E-state index < -0.39 is 0 Å². The van der Waals surface area contributed by atoms with Gasteiger partial charge in [-0.1, -0.05) is 30.3 Å². The number of carbonyl (C=O) groups excluding carboxylic acids is 2. The fourth-order valence-electron chi connectivity index (χ4n) is 2.94. The number of nitrogens with zero attached hydrogens (tertiary/aromatic N) is 4. The van der Waals surface area contributed by atoms with E-state index in [1.165, 1.54) is 5.01 Å². The van der Waals surface area contributed by atoms with Gasteiger partial charge in [-0.2, -0.15) is 10.1 Å². The van der Waals surface area contributed by atoms with Gasteiger partial charge in [-0.3, -0.25) is 14.7 Å². The molecule has 1 aliphatic rings. The molecule has 0 saturated carbocycles. The third-order valence-electron chi connectivity index (χ3n) is 4.30. The number of para-hydroxylation sites is 1. The predicted molar refractivity (Wildman–Crippen MR) is 112 cm³/mol. The number of halogens is 1. The summed E-state index contributed by atoms with van der Waals surface area (Å²) in [6.07, 6.45) is 2.45. The molecule has 2 aromatic carbocycles. The Bertz CT molecular complexity index is 1070. The average molecular weight is 435 g/mol. The van der Waals surface area contributed by atoms with Crippen LogP contribution in [0.1, 0.15) is 16.1 Å². The molecule has 6 nitrogen and oxygen atoms in total. The summed E-state index contributed by atoms with van der Waals surface area (Å²) in [7, 11) is 0. The van der Waals surface area contributed by atoms with Crippen molar-refractivity contribution in [2.45, 2.75) is 0 Å². The summed E-state index contributed by atoms with van der Waals surface area (Å²) in [5, 5.41) is 5.93. The van der Waals surface area contributed by atoms with Crippen molar-refractivity contribution in [3.8, 4) is 0 Å². The lowest BCUT2D eigenvalue weighted by atomic mass is 10.1. The number of benzene rings is 2. The van der Waals surface area contributed by atoms with Crippen LogP contribution in [-0.2, 0) is 0 Å². The van der Waals surface area contributed by atoms with Gasteiger partial charge >= 0.3 is 6.03 Å². The van der Waals surface area contributed by atoms with Crippen molar-refractivity contribution >= 4 is 45.3 Å². The first-order valence-electron chi connectivity index (χ1n) is 8.57. The second-order valence-electron chi connectivity index (χ2n) is 6.11. The molecule has 138 valence electrons. The minimum Gasteiger partial charge on any atom is -0.298 e. The van der Waals surface area contributed by atoms with E-state index in [9.17, 15) is 9.59 Å². The standard InChI is InChI=1S/C21H15BrN4O2/c22-17-8-1-2-10-20(17)26-21(28)25(16-7-5-6-15(12-16)14-27)13-19(24-26)18-9-3-4-11-23-18/h1-12,14H,13H2. The van der Waals surface area contributed by atoms with Crippen LogP contribution in [-0.4, -0.2) is 29.6 Å². The molecule has 0 radical (unpaired) electrons. The third-order valence-corrected chi connectivity index (χ3v) is 4.97. The highest BCUT2D eigenvalue weighted by atomic mass is 79.9. The molecule has 4 rings (SSSR count). The minimum absolute atomic E-state index is 0.249. The maximum absolute atomic E-state index is 13.3. The summed E-state index contributed by atoms with van der Waals surface area (Å²) < 4.78 is 0.746. The van der Waals surface area contributed by atoms with Crippen LogP contribution in [0.25, 0.3) is 0 Å². The molecule has 2 amide bonds. The van der Waals surface area contributed by atoms with E-state index in [4.69, 9.17) is 0 Å². The van der Waals surface area contributed by atoms with Crippen molar-refractivity contribution in [3.05, 3.63) is 88.7 Å². The van der Waals surface area contributed by atoms with Crippen LogP contribution in [0.2, 0.25) is 0 Å². The van der Waals surface area contributed by atoms with Crippen molar-refractivity contribution in [1.82, 2.24) is 4.98 Å². The maximum Gasteiger partial charge on any atom is 0.350 e. The molecule has 0 bridgehead atoms. The second kappa shape index (κ2) is 7.74. The molecule has 0 saturated heterocycles. The molecule has 1 aliphatic heterocycles. The quantitative estimate of drug-likeness (QED) is 0.567. The van der Waals surface area contributed by atoms with E-state index >= 15 is 0 Å². The van der Waals surface area contributed by atoms with Gasteiger partial charge in [-0.25, -0.2) is 4.79 Å². The number of hydrogen-bond donors (Lipinski definition) is 0. The monoisotopic (exact) mass is 434 g/mol. The Morgan fingerprint density at radius 2 is 1.82 bits per heavy atom. The lowest BCUT2D eigenvalue weighted by Crippen LogP contribution is -2.49. The van der Waals surface area contributed by atoms with Gasteiger partial charge in [0.15, 0.2) is 0 Å². The van der Waals surface area contributed by atoms with Gasteiger partial charge in [0, 0.05) is 21.9 Å². The number of rotatable bonds is 4. The molecule has 0 fully saturated rings. The van der Waals surface area contributed by atoms with Gasteiger partial charge in [-0.05, 0) is 52.3 Å². The highest BCUT2D eigenvalue weighted by molar-refractivity contribution is 9.10. The van der Waals surface area contributed by atoms with Gasteiger partial charge in [0.1, 0.15) is 12.0 Å². The number of aromatic nitrogens is 1. The van der Waals surface area contributed by atoms with Crippen molar-refractivity contribution < 1.29 is 9.59 Å². The smallest absolute Gasteiger partial charge is 0.298 e. The van der Waals surface area contributed by atoms with E-state index in [0.29, 0.717) is 28.3 Å². The summed E-state index contributed by atoms with van der Waals surface area (Å²) >= 11 is 3.49. The predicted octanol–water partition coefficient (Wildman–Crippen LogP) is 4.51. The van der Waals surface area contributed by atoms with Crippen LogP contribution in [0.5, 0.6) is 0 Å². The molecule has 0 spiro atoms. The summed E-state index contributed by atoms with van der Waals surface area (Å²) in [5.74, 6) is 0. The number of amides is 2. The molecule has 7 heteroatoms. The van der Waals surface area contributed by atoms with Crippen molar-refractivity contribution in [1.29, 1.82) is 0 Å². The zero-order chi connectivity index (χ0) is 19.5. The van der Waals surface area contributed by atoms with Gasteiger partial charge in [0.2, 0.25) is 0 Å². The topological polar surface area (TPSA) is 65.9 Å². The molecule has 0 unspecified atom stereocenters. The van der Waals surface area contributed by atoms with Crippen molar-refractivity contribution in [2.75, 3.05) is 16.5 Å². The summed E-state index contributed by atoms with van der Waals surface area (Å²) in [6, 6.07) is 19.6. The SMILES string of the molecule is O=Cc1cccc(N2CC(c3ccccn3)=NN(c3ccccc3Br)C2=O)c1. The highest BCUT2D eigenvalue weighted by Gasteiger charge is 2.32. The van der Waals surface area contributed by atoms with Crippen LogP contribution < -0.4 is 9.91 Å². The number of aldehydes is 1. The first-order chi connectivity index (χ1) is 13.7. The molecule has 3 aromatic rings. The van der Waals surface area contributed by atoms with Crippen LogP contribution in [0.4, 0.5) is 16.2 Å². The number of hydrazone groups is 1. The summed E-state index contributed by atoms with van der Waals surface area (Å²) in [5.41, 5.74) is 3.07. The van der Waals surface area contributed by atoms with Gasteiger partial charge < -0.3 is 0 Å². The zero-order valence-corrected chi connectivity index (χ0v) is 16.3. The molecular formula is C21H15BrN4O2. The van der Waals surface area contributed by atoms with Crippen LogP contribution >= 0.6 is 15.9 Å². The largest absolute Gasteiger partial charge is 0.350 e. The minimum atomic E-state index is -0.311. The Balaban J connectivity index is 1.83. The first-order valence-corrected chi connectivity index (χ1v) is 9.37. The average Bonchev–Trinajstić information content (AvgIpc) is 2.75. The fraction of sp³-hybridized carbons (Fsp3) is 0.0476. The van der Waals surface area contributed by atoms with Crippen LogP contribution in [0, 0.1) is 0 Å². The molecule has 0 N–H and O–H groups in total. The summed E-state index contributed by atoms with van der Waals surface area (Å²) in [4.78, 5) is 30.4. The van der Waals surface area contributed by atoms with Gasteiger partial charge in [0.05, 0.1) is 17.9 Å². The fourth-order valence-corrected chi connectivity index (χ4v) is 3.39. The third kappa shape index (κ3) is 3.44. The summed E-state index contributed by atoms with van der Waals surface area (Å²) in [6.45, 7) is 0.249. The van der Waals surface area contributed by atoms with Crippen molar-refractivity contribution in [2.24, 2.45) is 5.10 Å². The normalized spacial score (nSPS) is 14.0. The maximum atomic E-state index is 13.3. The highest BCUT2D eigenvalue weighted by Crippen LogP contribution is 2.30. The van der Waals surface area contributed by atoms with E-state index in [-0.39, 0.29) is 12.6 Å². The van der Waals surface area contributed by atoms with Gasteiger partial charge in [-0.15, -0.1) is 0 Å². The lowest BCUT2D eigenvalue weighted by Gasteiger charge is -2.33. The lowest BCUT2D eigenvalue weighted by molar-refractivity contribution is 0.112. The Morgan fingerprint density at radius 1 is 1.00 bits per heavy atom. The molecule has 0 atom stereocenters. The van der Waals surface area contributed by atoms with Crippen LogP contribution in [0.15, 0.2) is 82.5 Å². The first kappa shape index (κ1) is 18.1. The number of urea groups is 1. The molecule has 1 aromatic heterocycles. The molecular weight excluding hydrogens is 420 g/mol. The Labute approximate surface area is 170 Å². The van der Waals surface area contributed by atoms with E-state index in [1.807, 2.05) is 42.5 Å². The molecule has 28 heavy (non-hydrogen) atoms.